The molecule has 0 radical (unpaired) electrons. The molecule has 1 rings (SSSR count). The van der Waals surface area contributed by atoms with E-state index in [2.05, 4.69) is 31.4 Å². The highest BCUT2D eigenvalue weighted by molar-refractivity contribution is 5.86. The highest BCUT2D eigenvalue weighted by Crippen LogP contribution is 2.32. The van der Waals surface area contributed by atoms with Crippen molar-refractivity contribution in [3.05, 3.63) is 0 Å². The zero-order chi connectivity index (χ0) is 15.3. The van der Waals surface area contributed by atoms with Gasteiger partial charge in [0.1, 0.15) is 5.54 Å². The van der Waals surface area contributed by atoms with E-state index in [1.165, 1.54) is 0 Å². The number of amides is 2. The van der Waals surface area contributed by atoms with Gasteiger partial charge in [0, 0.05) is 6.54 Å². The molecule has 0 saturated heterocycles. The number of hydrogen-bond acceptors (Lipinski definition) is 2. The first-order chi connectivity index (χ1) is 9.27. The number of rotatable bonds is 5. The summed E-state index contributed by atoms with van der Waals surface area (Å²) >= 11 is 0. The Hall–Kier alpha value is -1.26. The SMILES string of the molecule is CC1CCCC(NC(=O)NCC(C)C(C)C)(C(=O)O)C1. The van der Waals surface area contributed by atoms with E-state index >= 15 is 0 Å². The monoisotopic (exact) mass is 284 g/mol. The van der Waals surface area contributed by atoms with Gasteiger partial charge in [-0.3, -0.25) is 0 Å². The van der Waals surface area contributed by atoms with Crippen LogP contribution in [0.1, 0.15) is 53.4 Å². The second-order valence-corrected chi connectivity index (χ2v) is 6.65. The maximum absolute atomic E-state index is 12.0. The van der Waals surface area contributed by atoms with Crippen molar-refractivity contribution < 1.29 is 14.7 Å². The molecule has 0 aromatic heterocycles. The fourth-order valence-corrected chi connectivity index (χ4v) is 2.66. The molecule has 5 nitrogen and oxygen atoms in total. The zero-order valence-electron chi connectivity index (χ0n) is 13.0. The highest BCUT2D eigenvalue weighted by atomic mass is 16.4. The van der Waals surface area contributed by atoms with Gasteiger partial charge >= 0.3 is 12.0 Å². The van der Waals surface area contributed by atoms with Crippen molar-refractivity contribution in [2.45, 2.75) is 58.9 Å². The number of aliphatic carboxylic acids is 1. The molecule has 1 fully saturated rings. The maximum atomic E-state index is 12.0. The zero-order valence-corrected chi connectivity index (χ0v) is 13.0. The first-order valence-corrected chi connectivity index (χ1v) is 7.56. The van der Waals surface area contributed by atoms with Gasteiger partial charge in [-0.2, -0.15) is 0 Å². The van der Waals surface area contributed by atoms with E-state index in [0.29, 0.717) is 37.1 Å². The molecule has 0 aromatic rings. The van der Waals surface area contributed by atoms with Crippen LogP contribution in [-0.4, -0.2) is 29.2 Å². The fraction of sp³-hybridized carbons (Fsp3) is 0.867. The number of carbonyl (C=O) groups excluding carboxylic acids is 1. The standard InChI is InChI=1S/C15H28N2O3/c1-10(2)12(4)9-16-14(20)17-15(13(18)19)7-5-6-11(3)8-15/h10-12H,5-9H2,1-4H3,(H,18,19)(H2,16,17,20). The summed E-state index contributed by atoms with van der Waals surface area (Å²) in [6.45, 7) is 8.88. The van der Waals surface area contributed by atoms with Crippen LogP contribution in [0.3, 0.4) is 0 Å². The summed E-state index contributed by atoms with van der Waals surface area (Å²) in [5.41, 5.74) is -1.09. The van der Waals surface area contributed by atoms with Crippen molar-refractivity contribution in [2.24, 2.45) is 17.8 Å². The summed E-state index contributed by atoms with van der Waals surface area (Å²) in [5, 5.41) is 15.0. The molecule has 20 heavy (non-hydrogen) atoms. The Labute approximate surface area is 121 Å². The van der Waals surface area contributed by atoms with Gasteiger partial charge in [-0.1, -0.05) is 40.5 Å². The fourth-order valence-electron chi connectivity index (χ4n) is 2.66. The van der Waals surface area contributed by atoms with Crippen LogP contribution < -0.4 is 10.6 Å². The molecule has 5 heteroatoms. The number of carboxylic acids is 1. The van der Waals surface area contributed by atoms with Crippen molar-refractivity contribution in [3.63, 3.8) is 0 Å². The molecular weight excluding hydrogens is 256 g/mol. The van der Waals surface area contributed by atoms with E-state index < -0.39 is 11.5 Å². The number of nitrogens with one attached hydrogen (secondary N) is 2. The van der Waals surface area contributed by atoms with Gasteiger partial charge in [0.05, 0.1) is 0 Å². The molecule has 3 atom stereocenters. The van der Waals surface area contributed by atoms with Gasteiger partial charge in [-0.25, -0.2) is 9.59 Å². The van der Waals surface area contributed by atoms with Gasteiger partial charge in [0.2, 0.25) is 0 Å². The number of hydrogen-bond donors (Lipinski definition) is 3. The Balaban J connectivity index is 2.58. The Morgan fingerprint density at radius 2 is 2.00 bits per heavy atom. The second kappa shape index (κ2) is 6.95. The minimum Gasteiger partial charge on any atom is -0.480 e. The van der Waals surface area contributed by atoms with E-state index in [-0.39, 0.29) is 6.03 Å². The van der Waals surface area contributed by atoms with E-state index in [4.69, 9.17) is 0 Å². The third kappa shape index (κ3) is 4.39. The Morgan fingerprint density at radius 3 is 2.50 bits per heavy atom. The van der Waals surface area contributed by atoms with Gasteiger partial charge in [-0.05, 0) is 30.6 Å². The van der Waals surface area contributed by atoms with E-state index in [1.54, 1.807) is 0 Å². The molecule has 0 bridgehead atoms. The largest absolute Gasteiger partial charge is 0.480 e. The molecule has 0 aliphatic heterocycles. The van der Waals surface area contributed by atoms with E-state index in [9.17, 15) is 14.7 Å². The number of carboxylic acid groups (broad SMARTS) is 1. The summed E-state index contributed by atoms with van der Waals surface area (Å²) in [7, 11) is 0. The van der Waals surface area contributed by atoms with Crippen molar-refractivity contribution in [1.82, 2.24) is 10.6 Å². The summed E-state index contributed by atoms with van der Waals surface area (Å²) in [4.78, 5) is 23.5. The van der Waals surface area contributed by atoms with Crippen LogP contribution >= 0.6 is 0 Å². The van der Waals surface area contributed by atoms with Gasteiger partial charge in [-0.15, -0.1) is 0 Å². The van der Waals surface area contributed by atoms with Crippen molar-refractivity contribution in [2.75, 3.05) is 6.54 Å². The quantitative estimate of drug-likeness (QED) is 0.726. The predicted octanol–water partition coefficient (Wildman–Crippen LogP) is 2.61. The summed E-state index contributed by atoms with van der Waals surface area (Å²) in [6, 6.07) is -0.367. The van der Waals surface area contributed by atoms with Crippen LogP contribution in [0.5, 0.6) is 0 Å². The predicted molar refractivity (Wildman–Crippen MR) is 78.5 cm³/mol. The maximum Gasteiger partial charge on any atom is 0.329 e. The minimum atomic E-state index is -1.09. The lowest BCUT2D eigenvalue weighted by Gasteiger charge is -2.37. The van der Waals surface area contributed by atoms with Gasteiger partial charge in [0.15, 0.2) is 0 Å². The molecule has 3 N–H and O–H groups in total. The minimum absolute atomic E-state index is 0.328. The topological polar surface area (TPSA) is 78.4 Å². The first-order valence-electron chi connectivity index (χ1n) is 7.56. The molecule has 1 aliphatic carbocycles. The second-order valence-electron chi connectivity index (χ2n) is 6.65. The first kappa shape index (κ1) is 16.8. The molecule has 3 unspecified atom stereocenters. The number of urea groups is 1. The molecule has 0 spiro atoms. The van der Waals surface area contributed by atoms with Crippen LogP contribution in [0.25, 0.3) is 0 Å². The summed E-state index contributed by atoms with van der Waals surface area (Å²) < 4.78 is 0. The molecule has 1 saturated carbocycles. The molecule has 1 aliphatic rings. The lowest BCUT2D eigenvalue weighted by atomic mass is 9.76. The number of carbonyl (C=O) groups is 2. The van der Waals surface area contributed by atoms with Gasteiger partial charge < -0.3 is 15.7 Å². The van der Waals surface area contributed by atoms with Crippen LogP contribution in [-0.2, 0) is 4.79 Å². The highest BCUT2D eigenvalue weighted by Gasteiger charge is 2.43. The van der Waals surface area contributed by atoms with Crippen molar-refractivity contribution in [1.29, 1.82) is 0 Å². The molecular formula is C15H28N2O3. The van der Waals surface area contributed by atoms with Crippen molar-refractivity contribution in [3.8, 4) is 0 Å². The molecule has 116 valence electrons. The Bertz CT molecular complexity index is 357. The Morgan fingerprint density at radius 1 is 1.35 bits per heavy atom. The molecule has 0 aromatic carbocycles. The third-order valence-corrected chi connectivity index (χ3v) is 4.48. The van der Waals surface area contributed by atoms with Crippen LogP contribution in [0.15, 0.2) is 0 Å². The van der Waals surface area contributed by atoms with Crippen LogP contribution in [0, 0.1) is 17.8 Å². The summed E-state index contributed by atoms with van der Waals surface area (Å²) in [6.07, 6.45) is 2.90. The lowest BCUT2D eigenvalue weighted by Crippen LogP contribution is -2.59. The van der Waals surface area contributed by atoms with E-state index in [0.717, 1.165) is 12.8 Å². The smallest absolute Gasteiger partial charge is 0.329 e. The third-order valence-electron chi connectivity index (χ3n) is 4.48. The molecule has 2 amide bonds. The molecule has 0 heterocycles. The van der Waals surface area contributed by atoms with Crippen molar-refractivity contribution >= 4 is 12.0 Å². The van der Waals surface area contributed by atoms with Crippen LogP contribution in [0.4, 0.5) is 4.79 Å². The normalized spacial score (nSPS) is 27.9. The van der Waals surface area contributed by atoms with Crippen LogP contribution in [0.2, 0.25) is 0 Å². The van der Waals surface area contributed by atoms with Gasteiger partial charge in [0.25, 0.3) is 0 Å². The average Bonchev–Trinajstić information content (AvgIpc) is 2.35. The Kier molecular flexibility index (Phi) is 5.84. The average molecular weight is 284 g/mol. The summed E-state index contributed by atoms with van der Waals surface area (Å²) in [5.74, 6) is 0.260. The lowest BCUT2D eigenvalue weighted by molar-refractivity contribution is -0.146. The van der Waals surface area contributed by atoms with E-state index in [1.807, 2.05) is 6.92 Å².